The summed E-state index contributed by atoms with van der Waals surface area (Å²) < 4.78 is 0. The van der Waals surface area contributed by atoms with Gasteiger partial charge >= 0.3 is 0 Å². The first-order valence-electron chi connectivity index (χ1n) is 10.8. The topological polar surface area (TPSA) is 56.7 Å². The number of anilines is 1. The van der Waals surface area contributed by atoms with E-state index in [-0.39, 0.29) is 29.9 Å². The Morgan fingerprint density at radius 2 is 1.74 bits per heavy atom. The number of halogens is 1. The van der Waals surface area contributed by atoms with Crippen LogP contribution >= 0.6 is 24.0 Å². The number of piperidine rings is 1. The molecule has 1 amide bonds. The fourth-order valence-electron chi connectivity index (χ4n) is 3.61. The van der Waals surface area contributed by atoms with E-state index in [1.165, 1.54) is 23.6 Å². The molecule has 31 heavy (non-hydrogen) atoms. The van der Waals surface area contributed by atoms with Gasteiger partial charge in [0.1, 0.15) is 0 Å². The van der Waals surface area contributed by atoms with Crippen LogP contribution in [0.3, 0.4) is 0 Å². The third-order valence-corrected chi connectivity index (χ3v) is 5.15. The third kappa shape index (κ3) is 8.36. The summed E-state index contributed by atoms with van der Waals surface area (Å²) in [5, 5.41) is 6.24. The molecule has 0 bridgehead atoms. The first-order valence-corrected chi connectivity index (χ1v) is 10.8. The molecule has 2 N–H and O–H groups in total. The second-order valence-corrected chi connectivity index (χ2v) is 7.56. The molecule has 3 rings (SSSR count). The van der Waals surface area contributed by atoms with Gasteiger partial charge in [0.15, 0.2) is 5.96 Å². The molecule has 0 spiro atoms. The smallest absolute Gasteiger partial charge is 0.221 e. The van der Waals surface area contributed by atoms with Crippen LogP contribution in [0.1, 0.15) is 37.8 Å². The van der Waals surface area contributed by atoms with Gasteiger partial charge in [-0.2, -0.15) is 0 Å². The quantitative estimate of drug-likeness (QED) is 0.315. The fraction of sp³-hybridized carbons (Fsp3) is 0.360. The number of amides is 1. The highest BCUT2D eigenvalue weighted by atomic mass is 127. The highest BCUT2D eigenvalue weighted by molar-refractivity contribution is 14.0. The van der Waals surface area contributed by atoms with Gasteiger partial charge in [0.2, 0.25) is 5.91 Å². The first kappa shape index (κ1) is 24.9. The van der Waals surface area contributed by atoms with Crippen molar-refractivity contribution in [2.45, 2.75) is 33.1 Å². The summed E-state index contributed by atoms with van der Waals surface area (Å²) in [4.78, 5) is 18.3. The maximum absolute atomic E-state index is 11.1. The van der Waals surface area contributed by atoms with E-state index < -0.39 is 0 Å². The van der Waals surface area contributed by atoms with E-state index in [1.807, 2.05) is 12.1 Å². The minimum absolute atomic E-state index is 0. The normalized spacial score (nSPS) is 13.9. The first-order chi connectivity index (χ1) is 14.6. The van der Waals surface area contributed by atoms with Crippen LogP contribution in [0.2, 0.25) is 0 Å². The number of nitrogens with one attached hydrogen (secondary N) is 2. The Morgan fingerprint density at radius 3 is 2.35 bits per heavy atom. The van der Waals surface area contributed by atoms with Gasteiger partial charge in [0.25, 0.3) is 0 Å². The molecule has 1 aliphatic rings. The van der Waals surface area contributed by atoms with Gasteiger partial charge in [0, 0.05) is 38.8 Å². The summed E-state index contributed by atoms with van der Waals surface area (Å²) in [6, 6.07) is 18.5. The Morgan fingerprint density at radius 1 is 1.06 bits per heavy atom. The second kappa shape index (κ2) is 13.1. The van der Waals surface area contributed by atoms with Crippen LogP contribution in [0.15, 0.2) is 65.2 Å². The van der Waals surface area contributed by atoms with Crippen molar-refractivity contribution in [1.29, 1.82) is 0 Å². The number of likely N-dealkylation sites (tertiary alicyclic amines) is 1. The summed E-state index contributed by atoms with van der Waals surface area (Å²) in [7, 11) is 0. The van der Waals surface area contributed by atoms with Crippen molar-refractivity contribution in [2.75, 3.05) is 31.5 Å². The predicted molar refractivity (Wildman–Crippen MR) is 141 cm³/mol. The van der Waals surface area contributed by atoms with E-state index in [1.54, 1.807) is 0 Å². The average Bonchev–Trinajstić information content (AvgIpc) is 2.75. The molecule has 5 nitrogen and oxygen atoms in total. The Hall–Kier alpha value is -2.35. The monoisotopic (exact) mass is 532 g/mol. The van der Waals surface area contributed by atoms with E-state index in [0.29, 0.717) is 0 Å². The lowest BCUT2D eigenvalue weighted by atomic mass is 10.0. The van der Waals surface area contributed by atoms with E-state index in [4.69, 9.17) is 4.99 Å². The number of rotatable bonds is 6. The molecule has 0 unspecified atom stereocenters. The van der Waals surface area contributed by atoms with Crippen molar-refractivity contribution in [2.24, 2.45) is 4.99 Å². The standard InChI is InChI=1S/C25H32N4O.HI/c1-3-26-25(27-16-13-21-9-11-24(12-10-21)28-20(2)30)29-17-14-23(15-18-29)19-22-7-5-4-6-8-22;/h4-12,19H,3,13-18H2,1-2H3,(H,26,27)(H,28,30);1H. The summed E-state index contributed by atoms with van der Waals surface area (Å²) in [5.41, 5.74) is 4.84. The van der Waals surface area contributed by atoms with Crippen molar-refractivity contribution in [3.8, 4) is 0 Å². The molecule has 0 aromatic heterocycles. The summed E-state index contributed by atoms with van der Waals surface area (Å²) >= 11 is 0. The number of hydrogen-bond donors (Lipinski definition) is 2. The number of carbonyl (C=O) groups is 1. The van der Waals surface area contributed by atoms with Crippen LogP contribution < -0.4 is 10.6 Å². The molecule has 166 valence electrons. The average molecular weight is 532 g/mol. The maximum Gasteiger partial charge on any atom is 0.221 e. The zero-order valence-electron chi connectivity index (χ0n) is 18.4. The second-order valence-electron chi connectivity index (χ2n) is 7.56. The number of carbonyl (C=O) groups excluding carboxylic acids is 1. The van der Waals surface area contributed by atoms with E-state index in [0.717, 1.165) is 57.1 Å². The Balaban J connectivity index is 0.00000341. The molecule has 0 saturated carbocycles. The maximum atomic E-state index is 11.1. The van der Waals surface area contributed by atoms with E-state index >= 15 is 0 Å². The Labute approximate surface area is 203 Å². The van der Waals surface area contributed by atoms with E-state index in [2.05, 4.69) is 71.0 Å². The van der Waals surface area contributed by atoms with Crippen molar-refractivity contribution in [3.05, 3.63) is 71.3 Å². The number of nitrogens with zero attached hydrogens (tertiary/aromatic N) is 2. The van der Waals surface area contributed by atoms with Crippen LogP contribution in [0, 0.1) is 0 Å². The van der Waals surface area contributed by atoms with Crippen molar-refractivity contribution in [3.63, 3.8) is 0 Å². The zero-order valence-corrected chi connectivity index (χ0v) is 20.8. The molecular formula is C25H33IN4O. The van der Waals surface area contributed by atoms with Gasteiger partial charge in [-0.3, -0.25) is 9.79 Å². The van der Waals surface area contributed by atoms with Gasteiger partial charge < -0.3 is 15.5 Å². The van der Waals surface area contributed by atoms with Crippen LogP contribution in [-0.4, -0.2) is 42.9 Å². The number of benzene rings is 2. The lowest BCUT2D eigenvalue weighted by Crippen LogP contribution is -2.44. The van der Waals surface area contributed by atoms with Gasteiger partial charge in [-0.1, -0.05) is 54.1 Å². The van der Waals surface area contributed by atoms with Crippen LogP contribution in [0.5, 0.6) is 0 Å². The van der Waals surface area contributed by atoms with Gasteiger partial charge in [-0.05, 0) is 49.4 Å². The highest BCUT2D eigenvalue weighted by Crippen LogP contribution is 2.19. The summed E-state index contributed by atoms with van der Waals surface area (Å²) in [6.07, 6.45) is 5.35. The largest absolute Gasteiger partial charge is 0.357 e. The molecule has 0 aliphatic carbocycles. The SMILES string of the molecule is CCNC(=NCCc1ccc(NC(C)=O)cc1)N1CCC(=Cc2ccccc2)CC1.I. The van der Waals surface area contributed by atoms with Crippen molar-refractivity contribution >= 4 is 47.6 Å². The molecule has 2 aromatic rings. The van der Waals surface area contributed by atoms with Gasteiger partial charge in [0.05, 0.1) is 0 Å². The zero-order chi connectivity index (χ0) is 21.2. The van der Waals surface area contributed by atoms with Crippen LogP contribution in [0.25, 0.3) is 6.08 Å². The fourth-order valence-corrected chi connectivity index (χ4v) is 3.61. The van der Waals surface area contributed by atoms with Crippen molar-refractivity contribution < 1.29 is 4.79 Å². The third-order valence-electron chi connectivity index (χ3n) is 5.15. The summed E-state index contributed by atoms with van der Waals surface area (Å²) in [6.45, 7) is 7.23. The number of aliphatic imine (C=N–C) groups is 1. The Kier molecular flexibility index (Phi) is 10.6. The predicted octanol–water partition coefficient (Wildman–Crippen LogP) is 4.95. The molecular weight excluding hydrogens is 499 g/mol. The van der Waals surface area contributed by atoms with Crippen molar-refractivity contribution in [1.82, 2.24) is 10.2 Å². The van der Waals surface area contributed by atoms with Crippen LogP contribution in [0.4, 0.5) is 5.69 Å². The van der Waals surface area contributed by atoms with Crippen LogP contribution in [-0.2, 0) is 11.2 Å². The van der Waals surface area contributed by atoms with Gasteiger partial charge in [-0.15, -0.1) is 24.0 Å². The minimum Gasteiger partial charge on any atom is -0.357 e. The molecule has 0 radical (unpaired) electrons. The minimum atomic E-state index is -0.0501. The lowest BCUT2D eigenvalue weighted by Gasteiger charge is -2.31. The molecule has 1 saturated heterocycles. The van der Waals surface area contributed by atoms with E-state index in [9.17, 15) is 4.79 Å². The molecule has 1 heterocycles. The Bertz CT molecular complexity index is 868. The molecule has 2 aromatic carbocycles. The highest BCUT2D eigenvalue weighted by Gasteiger charge is 2.17. The molecule has 1 fully saturated rings. The molecule has 6 heteroatoms. The summed E-state index contributed by atoms with van der Waals surface area (Å²) in [5.74, 6) is 0.956. The number of hydrogen-bond acceptors (Lipinski definition) is 2. The number of guanidine groups is 1. The molecule has 0 atom stereocenters. The van der Waals surface area contributed by atoms with Gasteiger partial charge in [-0.25, -0.2) is 0 Å². The molecule has 1 aliphatic heterocycles. The lowest BCUT2D eigenvalue weighted by molar-refractivity contribution is -0.114.